The minimum atomic E-state index is 0.437. The third-order valence-electron chi connectivity index (χ3n) is 2.69. The first kappa shape index (κ1) is 9.10. The van der Waals surface area contributed by atoms with E-state index in [2.05, 4.69) is 0 Å². The van der Waals surface area contributed by atoms with Gasteiger partial charge in [0.2, 0.25) is 0 Å². The minimum absolute atomic E-state index is 0.437. The van der Waals surface area contributed by atoms with Gasteiger partial charge in [-0.05, 0) is 18.9 Å². The molecule has 13 heavy (non-hydrogen) atoms. The van der Waals surface area contributed by atoms with Crippen molar-refractivity contribution in [3.05, 3.63) is 22.6 Å². The van der Waals surface area contributed by atoms with Crippen LogP contribution < -0.4 is 5.73 Å². The highest BCUT2D eigenvalue weighted by Crippen LogP contribution is 2.38. The van der Waals surface area contributed by atoms with Crippen LogP contribution in [0.1, 0.15) is 43.1 Å². The first-order valence-electron chi connectivity index (χ1n) is 4.79. The molecule has 0 aliphatic heterocycles. The van der Waals surface area contributed by atoms with Crippen LogP contribution >= 0.6 is 11.6 Å². The maximum absolute atomic E-state index is 6.05. The maximum atomic E-state index is 6.05. The lowest BCUT2D eigenvalue weighted by Gasteiger charge is -2.04. The molecule has 1 heterocycles. The summed E-state index contributed by atoms with van der Waals surface area (Å²) in [7, 11) is 0. The van der Waals surface area contributed by atoms with Crippen molar-refractivity contribution in [2.24, 2.45) is 5.73 Å². The van der Waals surface area contributed by atoms with Gasteiger partial charge in [0.25, 0.3) is 0 Å². The van der Waals surface area contributed by atoms with Gasteiger partial charge in [-0.3, -0.25) is 0 Å². The van der Waals surface area contributed by atoms with Gasteiger partial charge in [0.15, 0.2) is 0 Å². The van der Waals surface area contributed by atoms with E-state index in [9.17, 15) is 0 Å². The zero-order valence-corrected chi connectivity index (χ0v) is 8.31. The topological polar surface area (TPSA) is 39.2 Å². The highest BCUT2D eigenvalue weighted by Gasteiger charge is 2.23. The summed E-state index contributed by atoms with van der Waals surface area (Å²) in [6, 6.07) is 1.84. The van der Waals surface area contributed by atoms with E-state index >= 15 is 0 Å². The van der Waals surface area contributed by atoms with Gasteiger partial charge in [-0.25, -0.2) is 0 Å². The molecule has 0 atom stereocenters. The molecule has 0 saturated heterocycles. The fourth-order valence-electron chi connectivity index (χ4n) is 2.00. The SMILES string of the molecule is NCc1cc(Cl)c(C2CCCC2)o1. The van der Waals surface area contributed by atoms with E-state index in [0.29, 0.717) is 12.5 Å². The van der Waals surface area contributed by atoms with Crippen LogP contribution in [-0.4, -0.2) is 0 Å². The fourth-order valence-corrected chi connectivity index (χ4v) is 2.31. The summed E-state index contributed by atoms with van der Waals surface area (Å²) in [4.78, 5) is 0. The van der Waals surface area contributed by atoms with Crippen LogP contribution in [-0.2, 0) is 6.54 Å². The Labute approximate surface area is 83.1 Å². The summed E-state index contributed by atoms with van der Waals surface area (Å²) < 4.78 is 5.59. The van der Waals surface area contributed by atoms with E-state index < -0.39 is 0 Å². The smallest absolute Gasteiger partial charge is 0.125 e. The molecular weight excluding hydrogens is 186 g/mol. The van der Waals surface area contributed by atoms with Gasteiger partial charge in [-0.1, -0.05) is 24.4 Å². The normalized spacial score (nSPS) is 18.3. The van der Waals surface area contributed by atoms with Crippen molar-refractivity contribution >= 4 is 11.6 Å². The van der Waals surface area contributed by atoms with Gasteiger partial charge in [-0.15, -0.1) is 0 Å². The Morgan fingerprint density at radius 3 is 2.69 bits per heavy atom. The van der Waals surface area contributed by atoms with E-state index in [-0.39, 0.29) is 0 Å². The number of hydrogen-bond donors (Lipinski definition) is 1. The van der Waals surface area contributed by atoms with Gasteiger partial charge < -0.3 is 10.2 Å². The third-order valence-corrected chi connectivity index (χ3v) is 2.99. The Kier molecular flexibility index (Phi) is 2.61. The summed E-state index contributed by atoms with van der Waals surface area (Å²) in [6.45, 7) is 0.437. The van der Waals surface area contributed by atoms with Crippen molar-refractivity contribution in [2.75, 3.05) is 0 Å². The summed E-state index contributed by atoms with van der Waals surface area (Å²) >= 11 is 6.05. The summed E-state index contributed by atoms with van der Waals surface area (Å²) in [6.07, 6.45) is 4.99. The van der Waals surface area contributed by atoms with Crippen LogP contribution in [0.25, 0.3) is 0 Å². The summed E-state index contributed by atoms with van der Waals surface area (Å²) in [5.41, 5.74) is 5.48. The molecule has 0 aromatic carbocycles. The molecule has 0 radical (unpaired) electrons. The standard InChI is InChI=1S/C10H14ClNO/c11-9-5-8(6-12)13-10(9)7-3-1-2-4-7/h5,7H,1-4,6,12H2. The van der Waals surface area contributed by atoms with Crippen molar-refractivity contribution in [1.82, 2.24) is 0 Å². The summed E-state index contributed by atoms with van der Waals surface area (Å²) in [5.74, 6) is 2.29. The lowest BCUT2D eigenvalue weighted by atomic mass is 10.1. The van der Waals surface area contributed by atoms with E-state index in [1.807, 2.05) is 6.07 Å². The van der Waals surface area contributed by atoms with Crippen molar-refractivity contribution in [1.29, 1.82) is 0 Å². The first-order chi connectivity index (χ1) is 6.31. The fraction of sp³-hybridized carbons (Fsp3) is 0.600. The molecule has 1 fully saturated rings. The summed E-state index contributed by atoms with van der Waals surface area (Å²) in [5, 5.41) is 0.757. The zero-order chi connectivity index (χ0) is 9.26. The van der Waals surface area contributed by atoms with Crippen LogP contribution in [0.5, 0.6) is 0 Å². The van der Waals surface area contributed by atoms with E-state index in [0.717, 1.165) is 16.5 Å². The molecule has 2 nitrogen and oxygen atoms in total. The van der Waals surface area contributed by atoms with E-state index in [4.69, 9.17) is 21.8 Å². The Bertz CT molecular complexity index is 289. The molecule has 1 aliphatic carbocycles. The second kappa shape index (κ2) is 3.72. The molecule has 0 unspecified atom stereocenters. The molecule has 1 aromatic heterocycles. The van der Waals surface area contributed by atoms with Crippen molar-refractivity contribution in [3.8, 4) is 0 Å². The predicted octanol–water partition coefficient (Wildman–Crippen LogP) is 3.05. The van der Waals surface area contributed by atoms with Gasteiger partial charge in [-0.2, -0.15) is 0 Å². The Morgan fingerprint density at radius 2 is 2.15 bits per heavy atom. The van der Waals surface area contributed by atoms with E-state index in [1.54, 1.807) is 0 Å². The first-order valence-corrected chi connectivity index (χ1v) is 5.17. The maximum Gasteiger partial charge on any atom is 0.125 e. The minimum Gasteiger partial charge on any atom is -0.463 e. The molecular formula is C10H14ClNO. The second-order valence-electron chi connectivity index (χ2n) is 3.61. The highest BCUT2D eigenvalue weighted by molar-refractivity contribution is 6.31. The molecule has 2 rings (SSSR count). The quantitative estimate of drug-likeness (QED) is 0.795. The number of rotatable bonds is 2. The van der Waals surface area contributed by atoms with Crippen LogP contribution in [0.3, 0.4) is 0 Å². The van der Waals surface area contributed by atoms with E-state index in [1.165, 1.54) is 25.7 Å². The monoisotopic (exact) mass is 199 g/mol. The molecule has 3 heteroatoms. The Hall–Kier alpha value is -0.470. The van der Waals surface area contributed by atoms with Crippen LogP contribution in [0.4, 0.5) is 0 Å². The molecule has 72 valence electrons. The lowest BCUT2D eigenvalue weighted by molar-refractivity contribution is 0.432. The number of hydrogen-bond acceptors (Lipinski definition) is 2. The van der Waals surface area contributed by atoms with Gasteiger partial charge >= 0.3 is 0 Å². The largest absolute Gasteiger partial charge is 0.463 e. The number of furan rings is 1. The van der Waals surface area contributed by atoms with Crippen molar-refractivity contribution in [2.45, 2.75) is 38.1 Å². The average molecular weight is 200 g/mol. The molecule has 0 amide bonds. The molecule has 1 aliphatic rings. The Balaban J connectivity index is 2.22. The van der Waals surface area contributed by atoms with Gasteiger partial charge in [0.1, 0.15) is 11.5 Å². The van der Waals surface area contributed by atoms with Gasteiger partial charge in [0.05, 0.1) is 11.6 Å². The highest BCUT2D eigenvalue weighted by atomic mass is 35.5. The van der Waals surface area contributed by atoms with Crippen LogP contribution in [0.15, 0.2) is 10.5 Å². The number of nitrogens with two attached hydrogens (primary N) is 1. The van der Waals surface area contributed by atoms with Crippen molar-refractivity contribution in [3.63, 3.8) is 0 Å². The molecule has 0 bridgehead atoms. The average Bonchev–Trinajstić information content (AvgIpc) is 2.72. The predicted molar refractivity (Wildman–Crippen MR) is 52.8 cm³/mol. The molecule has 1 aromatic rings. The third kappa shape index (κ3) is 1.74. The molecule has 1 saturated carbocycles. The zero-order valence-electron chi connectivity index (χ0n) is 7.55. The lowest BCUT2D eigenvalue weighted by Crippen LogP contribution is -1.93. The number of halogens is 1. The molecule has 2 N–H and O–H groups in total. The van der Waals surface area contributed by atoms with Crippen molar-refractivity contribution < 1.29 is 4.42 Å². The van der Waals surface area contributed by atoms with Crippen LogP contribution in [0.2, 0.25) is 5.02 Å². The molecule has 0 spiro atoms. The van der Waals surface area contributed by atoms with Crippen LogP contribution in [0, 0.1) is 0 Å². The Morgan fingerprint density at radius 1 is 1.46 bits per heavy atom. The van der Waals surface area contributed by atoms with Gasteiger partial charge in [0, 0.05) is 5.92 Å². The second-order valence-corrected chi connectivity index (χ2v) is 4.02.